The first-order valence-electron chi connectivity index (χ1n) is 9.57. The quantitative estimate of drug-likeness (QED) is 0.461. The first kappa shape index (κ1) is 20.8. The van der Waals surface area contributed by atoms with Crippen LogP contribution in [0.4, 0.5) is 0 Å². The minimum atomic E-state index is -0.506. The Hall–Kier alpha value is -3.07. The molecule has 6 nitrogen and oxygen atoms in total. The fourth-order valence-corrected chi connectivity index (χ4v) is 5.06. The van der Waals surface area contributed by atoms with Crippen LogP contribution in [-0.2, 0) is 4.79 Å². The molecule has 0 bridgehead atoms. The molecule has 1 amide bonds. The van der Waals surface area contributed by atoms with Gasteiger partial charge in [-0.15, -0.1) is 0 Å². The lowest BCUT2D eigenvalue weighted by molar-refractivity contribution is -0.114. The van der Waals surface area contributed by atoms with Gasteiger partial charge in [0.25, 0.3) is 5.91 Å². The van der Waals surface area contributed by atoms with Gasteiger partial charge in [0.05, 0.1) is 10.6 Å². The van der Waals surface area contributed by atoms with Gasteiger partial charge in [-0.05, 0) is 55.1 Å². The Labute approximate surface area is 197 Å². The lowest BCUT2D eigenvalue weighted by Crippen LogP contribution is -2.35. The number of halogens is 1. The summed E-state index contributed by atoms with van der Waals surface area (Å²) in [4.78, 5) is 17.8. The molecule has 2 aromatic carbocycles. The van der Waals surface area contributed by atoms with E-state index < -0.39 is 5.91 Å². The SMILES string of the molecule is Cc1ccc(Sc2ccc(/C=C3/C(=N)N4N=C(c5ccccc5Cl)SC4=NC3=O)o2)cc1. The van der Waals surface area contributed by atoms with Crippen LogP contribution in [0.2, 0.25) is 5.02 Å². The number of aliphatic imine (C=N–C) groups is 1. The van der Waals surface area contributed by atoms with Crippen molar-refractivity contribution in [2.24, 2.45) is 10.1 Å². The highest BCUT2D eigenvalue weighted by Crippen LogP contribution is 2.34. The highest BCUT2D eigenvalue weighted by atomic mass is 35.5. The smallest absolute Gasteiger partial charge is 0.283 e. The van der Waals surface area contributed by atoms with Gasteiger partial charge in [0.1, 0.15) is 10.8 Å². The van der Waals surface area contributed by atoms with Crippen LogP contribution < -0.4 is 0 Å². The Morgan fingerprint density at radius 3 is 2.69 bits per heavy atom. The summed E-state index contributed by atoms with van der Waals surface area (Å²) in [7, 11) is 0. The van der Waals surface area contributed by atoms with Gasteiger partial charge in [0.15, 0.2) is 10.9 Å². The number of benzene rings is 2. The minimum absolute atomic E-state index is 0.0568. The number of carbonyl (C=O) groups excluding carboxylic acids is 1. The van der Waals surface area contributed by atoms with Crippen LogP contribution in [0.1, 0.15) is 16.9 Å². The Balaban J connectivity index is 1.39. The monoisotopic (exact) mass is 478 g/mol. The Kier molecular flexibility index (Phi) is 5.50. The number of furan rings is 1. The molecule has 3 aromatic rings. The van der Waals surface area contributed by atoms with Gasteiger partial charge < -0.3 is 4.42 Å². The molecule has 0 saturated heterocycles. The molecule has 2 aliphatic rings. The molecular formula is C23H15ClN4O2S2. The summed E-state index contributed by atoms with van der Waals surface area (Å²) in [5.41, 5.74) is 2.03. The zero-order chi connectivity index (χ0) is 22.2. The van der Waals surface area contributed by atoms with Crippen molar-refractivity contribution in [1.82, 2.24) is 5.01 Å². The van der Waals surface area contributed by atoms with Crippen molar-refractivity contribution in [2.75, 3.05) is 0 Å². The van der Waals surface area contributed by atoms with Crippen molar-refractivity contribution in [2.45, 2.75) is 16.9 Å². The topological polar surface area (TPSA) is 82.0 Å². The maximum atomic E-state index is 12.6. The fraction of sp³-hybridized carbons (Fsp3) is 0.0435. The van der Waals surface area contributed by atoms with E-state index in [2.05, 4.69) is 10.1 Å². The van der Waals surface area contributed by atoms with E-state index >= 15 is 0 Å². The van der Waals surface area contributed by atoms with Gasteiger partial charge in [-0.3, -0.25) is 10.2 Å². The minimum Gasteiger partial charge on any atom is -0.450 e. The number of rotatable bonds is 4. The molecule has 32 heavy (non-hydrogen) atoms. The second-order valence-corrected chi connectivity index (χ2v) is 9.42. The molecule has 0 atom stereocenters. The first-order valence-corrected chi connectivity index (χ1v) is 11.6. The summed E-state index contributed by atoms with van der Waals surface area (Å²) in [6, 6.07) is 19.0. The summed E-state index contributed by atoms with van der Waals surface area (Å²) in [5, 5.41) is 16.5. The summed E-state index contributed by atoms with van der Waals surface area (Å²) in [6.45, 7) is 2.04. The lowest BCUT2D eigenvalue weighted by Gasteiger charge is -2.19. The van der Waals surface area contributed by atoms with Gasteiger partial charge >= 0.3 is 0 Å². The molecule has 0 saturated carbocycles. The van der Waals surface area contributed by atoms with E-state index in [1.165, 1.54) is 40.2 Å². The standard InChI is InChI=1S/C23H15ClN4O2S2/c1-13-6-9-15(10-7-13)31-19-11-8-14(30-19)12-17-20(25)28-23(26-21(17)29)32-22(27-28)16-4-2-3-5-18(16)24/h2-12,25H,1H3/b17-12-,25-20?. The molecule has 0 aliphatic carbocycles. The lowest BCUT2D eigenvalue weighted by atomic mass is 10.1. The number of hydrogen-bond acceptors (Lipinski definition) is 6. The van der Waals surface area contributed by atoms with Gasteiger partial charge in [0, 0.05) is 10.5 Å². The van der Waals surface area contributed by atoms with Gasteiger partial charge in [0.2, 0.25) is 5.17 Å². The molecule has 5 rings (SSSR count). The molecular weight excluding hydrogens is 464 g/mol. The summed E-state index contributed by atoms with van der Waals surface area (Å²) in [6.07, 6.45) is 1.53. The van der Waals surface area contributed by atoms with Crippen molar-refractivity contribution in [1.29, 1.82) is 5.41 Å². The van der Waals surface area contributed by atoms with E-state index in [0.717, 1.165) is 10.5 Å². The number of aryl methyl sites for hydroxylation is 1. The molecule has 0 unspecified atom stereocenters. The summed E-state index contributed by atoms with van der Waals surface area (Å²) in [5.74, 6) is -0.0966. The number of carbonyl (C=O) groups is 1. The third-order valence-electron chi connectivity index (χ3n) is 4.69. The molecule has 0 spiro atoms. The molecule has 0 fully saturated rings. The maximum Gasteiger partial charge on any atom is 0.283 e. The normalized spacial score (nSPS) is 16.9. The van der Waals surface area contributed by atoms with E-state index in [-0.39, 0.29) is 11.4 Å². The van der Waals surface area contributed by atoms with Crippen LogP contribution in [0.3, 0.4) is 0 Å². The molecule has 1 N–H and O–H groups in total. The maximum absolute atomic E-state index is 12.6. The van der Waals surface area contributed by atoms with Crippen LogP contribution in [-0.4, -0.2) is 27.0 Å². The average molecular weight is 479 g/mol. The second-order valence-electron chi connectivity index (χ2n) is 6.98. The third-order valence-corrected chi connectivity index (χ3v) is 6.89. The first-order chi connectivity index (χ1) is 15.5. The van der Waals surface area contributed by atoms with Crippen LogP contribution in [0.25, 0.3) is 6.08 Å². The number of thioether (sulfide) groups is 1. The highest BCUT2D eigenvalue weighted by molar-refractivity contribution is 8.27. The average Bonchev–Trinajstić information content (AvgIpc) is 3.40. The predicted molar refractivity (Wildman–Crippen MR) is 130 cm³/mol. The van der Waals surface area contributed by atoms with E-state index in [1.807, 2.05) is 55.5 Å². The van der Waals surface area contributed by atoms with Crippen LogP contribution in [0.15, 0.2) is 90.7 Å². The van der Waals surface area contributed by atoms with Crippen LogP contribution >= 0.6 is 35.1 Å². The van der Waals surface area contributed by atoms with Crippen molar-refractivity contribution >= 4 is 63.2 Å². The van der Waals surface area contributed by atoms with E-state index in [1.54, 1.807) is 12.1 Å². The van der Waals surface area contributed by atoms with Crippen molar-refractivity contribution < 1.29 is 9.21 Å². The van der Waals surface area contributed by atoms with Crippen LogP contribution in [0, 0.1) is 12.3 Å². The third kappa shape index (κ3) is 4.04. The Morgan fingerprint density at radius 2 is 1.91 bits per heavy atom. The largest absolute Gasteiger partial charge is 0.450 e. The van der Waals surface area contributed by atoms with E-state index in [9.17, 15) is 4.79 Å². The van der Waals surface area contributed by atoms with E-state index in [0.29, 0.717) is 26.1 Å². The molecule has 2 aliphatic heterocycles. The second kappa shape index (κ2) is 8.46. The number of nitrogens with one attached hydrogen (secondary N) is 1. The van der Waals surface area contributed by atoms with Crippen molar-refractivity contribution in [3.63, 3.8) is 0 Å². The number of amidine groups is 2. The number of hydrazone groups is 1. The van der Waals surface area contributed by atoms with Crippen molar-refractivity contribution in [3.05, 3.63) is 88.1 Å². The van der Waals surface area contributed by atoms with Crippen molar-refractivity contribution in [3.8, 4) is 0 Å². The molecule has 158 valence electrons. The zero-order valence-corrected chi connectivity index (χ0v) is 19.1. The van der Waals surface area contributed by atoms with Crippen LogP contribution in [0.5, 0.6) is 0 Å². The number of hydrogen-bond donors (Lipinski definition) is 1. The number of fused-ring (bicyclic) bond motifs is 1. The highest BCUT2D eigenvalue weighted by Gasteiger charge is 2.36. The Bertz CT molecular complexity index is 1340. The Morgan fingerprint density at radius 1 is 1.12 bits per heavy atom. The zero-order valence-electron chi connectivity index (χ0n) is 16.7. The van der Waals surface area contributed by atoms with E-state index in [4.69, 9.17) is 21.4 Å². The van der Waals surface area contributed by atoms with Gasteiger partial charge in [-0.2, -0.15) is 15.1 Å². The fourth-order valence-electron chi connectivity index (χ4n) is 3.07. The van der Waals surface area contributed by atoms with Gasteiger partial charge in [-0.25, -0.2) is 0 Å². The summed E-state index contributed by atoms with van der Waals surface area (Å²) < 4.78 is 5.85. The molecule has 1 aromatic heterocycles. The number of amides is 1. The molecule has 0 radical (unpaired) electrons. The molecule has 9 heteroatoms. The summed E-state index contributed by atoms with van der Waals surface area (Å²) >= 11 is 8.97. The van der Waals surface area contributed by atoms with Gasteiger partial charge in [-0.1, -0.05) is 59.3 Å². The predicted octanol–water partition coefficient (Wildman–Crippen LogP) is 6.06. The number of nitrogens with zero attached hydrogens (tertiary/aromatic N) is 3. The molecule has 3 heterocycles.